The average molecular weight is 369 g/mol. The number of ether oxygens (including phenoxy) is 2. The van der Waals surface area contributed by atoms with Crippen LogP contribution in [0.3, 0.4) is 0 Å². The highest BCUT2D eigenvalue weighted by Gasteiger charge is 2.07. The van der Waals surface area contributed by atoms with Crippen molar-refractivity contribution in [3.63, 3.8) is 0 Å². The first kappa shape index (κ1) is 20.0. The molecular formula is C20H23N3O4. The molecular weight excluding hydrogens is 346 g/mol. The molecule has 0 saturated heterocycles. The molecule has 27 heavy (non-hydrogen) atoms. The van der Waals surface area contributed by atoms with Crippen molar-refractivity contribution in [3.8, 4) is 11.5 Å². The molecule has 7 heteroatoms. The van der Waals surface area contributed by atoms with Gasteiger partial charge in [0, 0.05) is 18.5 Å². The van der Waals surface area contributed by atoms with Crippen LogP contribution in [0.2, 0.25) is 0 Å². The van der Waals surface area contributed by atoms with Crippen molar-refractivity contribution in [2.45, 2.75) is 19.8 Å². The van der Waals surface area contributed by atoms with Crippen molar-refractivity contribution in [2.24, 2.45) is 5.10 Å². The molecule has 2 aromatic rings. The molecule has 2 rings (SSSR count). The van der Waals surface area contributed by atoms with Crippen molar-refractivity contribution >= 4 is 23.7 Å². The molecule has 7 nitrogen and oxygen atoms in total. The monoisotopic (exact) mass is 369 g/mol. The number of benzene rings is 2. The number of amides is 2. The highest BCUT2D eigenvalue weighted by atomic mass is 16.5. The van der Waals surface area contributed by atoms with E-state index in [-0.39, 0.29) is 24.7 Å². The third-order valence-corrected chi connectivity index (χ3v) is 3.55. The quantitative estimate of drug-likeness (QED) is 0.525. The summed E-state index contributed by atoms with van der Waals surface area (Å²) in [6.45, 7) is 2.49. The van der Waals surface area contributed by atoms with Crippen LogP contribution < -0.4 is 20.2 Å². The summed E-state index contributed by atoms with van der Waals surface area (Å²) in [7, 11) is 1.59. The van der Waals surface area contributed by atoms with Crippen LogP contribution in [0, 0.1) is 0 Å². The average Bonchev–Trinajstić information content (AvgIpc) is 2.69. The summed E-state index contributed by atoms with van der Waals surface area (Å²) in [6.07, 6.45) is 1.64. The van der Waals surface area contributed by atoms with Crippen molar-refractivity contribution in [1.82, 2.24) is 5.43 Å². The summed E-state index contributed by atoms with van der Waals surface area (Å²) < 4.78 is 10.4. The van der Waals surface area contributed by atoms with Gasteiger partial charge in [0.2, 0.25) is 11.8 Å². The van der Waals surface area contributed by atoms with Crippen LogP contribution in [-0.4, -0.2) is 31.7 Å². The number of hydrazone groups is 1. The number of hydrogen-bond acceptors (Lipinski definition) is 5. The summed E-state index contributed by atoms with van der Waals surface area (Å²) in [4.78, 5) is 23.7. The molecule has 142 valence electrons. The lowest BCUT2D eigenvalue weighted by molar-refractivity contribution is -0.124. The molecule has 0 aliphatic carbocycles. The summed E-state index contributed by atoms with van der Waals surface area (Å²) >= 11 is 0. The van der Waals surface area contributed by atoms with Crippen LogP contribution in [0.4, 0.5) is 5.69 Å². The van der Waals surface area contributed by atoms with Gasteiger partial charge in [-0.1, -0.05) is 0 Å². The second kappa shape index (κ2) is 10.6. The van der Waals surface area contributed by atoms with Gasteiger partial charge in [-0.3, -0.25) is 9.59 Å². The van der Waals surface area contributed by atoms with E-state index in [9.17, 15) is 9.59 Å². The lowest BCUT2D eigenvalue weighted by Gasteiger charge is -2.07. The van der Waals surface area contributed by atoms with Crippen LogP contribution in [0.25, 0.3) is 0 Å². The van der Waals surface area contributed by atoms with E-state index in [0.29, 0.717) is 12.3 Å². The van der Waals surface area contributed by atoms with Gasteiger partial charge in [-0.05, 0) is 61.0 Å². The van der Waals surface area contributed by atoms with E-state index in [4.69, 9.17) is 9.47 Å². The van der Waals surface area contributed by atoms with E-state index in [1.165, 1.54) is 6.21 Å². The molecule has 0 spiro atoms. The van der Waals surface area contributed by atoms with E-state index in [2.05, 4.69) is 15.8 Å². The number of nitrogens with one attached hydrogen (secondary N) is 2. The molecule has 0 aromatic heterocycles. The number of hydrogen-bond donors (Lipinski definition) is 2. The zero-order valence-corrected chi connectivity index (χ0v) is 15.4. The van der Waals surface area contributed by atoms with Gasteiger partial charge in [-0.2, -0.15) is 5.10 Å². The molecule has 0 fully saturated rings. The van der Waals surface area contributed by atoms with Crippen LogP contribution in [0.1, 0.15) is 25.3 Å². The molecule has 0 atom stereocenters. The molecule has 0 aliphatic heterocycles. The maximum Gasteiger partial charge on any atom is 0.240 e. The second-order valence-electron chi connectivity index (χ2n) is 5.57. The Balaban J connectivity index is 1.70. The van der Waals surface area contributed by atoms with Gasteiger partial charge in [0.1, 0.15) is 11.5 Å². The molecule has 0 aliphatic rings. The normalized spacial score (nSPS) is 10.4. The zero-order valence-electron chi connectivity index (χ0n) is 15.4. The minimum atomic E-state index is -0.332. The largest absolute Gasteiger partial charge is 0.497 e. The van der Waals surface area contributed by atoms with Gasteiger partial charge >= 0.3 is 0 Å². The lowest BCUT2D eigenvalue weighted by atomic mass is 10.2. The maximum absolute atomic E-state index is 11.9. The van der Waals surface area contributed by atoms with Gasteiger partial charge in [-0.25, -0.2) is 5.43 Å². The molecule has 0 unspecified atom stereocenters. The Morgan fingerprint density at radius 1 is 0.963 bits per heavy atom. The highest BCUT2D eigenvalue weighted by Crippen LogP contribution is 2.15. The Morgan fingerprint density at radius 3 is 2.22 bits per heavy atom. The van der Waals surface area contributed by atoms with Crippen LogP contribution in [0.15, 0.2) is 53.6 Å². The third-order valence-electron chi connectivity index (χ3n) is 3.55. The van der Waals surface area contributed by atoms with Crippen molar-refractivity contribution in [3.05, 3.63) is 54.1 Å². The Morgan fingerprint density at radius 2 is 1.59 bits per heavy atom. The predicted molar refractivity (Wildman–Crippen MR) is 104 cm³/mol. The number of rotatable bonds is 9. The van der Waals surface area contributed by atoms with Crippen LogP contribution in [0.5, 0.6) is 11.5 Å². The molecule has 2 N–H and O–H groups in total. The van der Waals surface area contributed by atoms with Crippen LogP contribution >= 0.6 is 0 Å². The van der Waals surface area contributed by atoms with Gasteiger partial charge in [0.05, 0.1) is 19.9 Å². The molecule has 0 heterocycles. The second-order valence-corrected chi connectivity index (χ2v) is 5.57. The van der Waals surface area contributed by atoms with E-state index >= 15 is 0 Å². The first-order valence-corrected chi connectivity index (χ1v) is 8.59. The molecule has 0 radical (unpaired) electrons. The van der Waals surface area contributed by atoms with Gasteiger partial charge in [-0.15, -0.1) is 0 Å². The van der Waals surface area contributed by atoms with E-state index in [1.807, 2.05) is 19.1 Å². The topological polar surface area (TPSA) is 89.0 Å². The summed E-state index contributed by atoms with van der Waals surface area (Å²) in [6, 6.07) is 14.3. The van der Waals surface area contributed by atoms with Crippen molar-refractivity contribution in [1.29, 1.82) is 0 Å². The minimum absolute atomic E-state index is 0.0445. The fourth-order valence-electron chi connectivity index (χ4n) is 2.18. The summed E-state index contributed by atoms with van der Waals surface area (Å²) in [5, 5.41) is 6.61. The summed E-state index contributed by atoms with van der Waals surface area (Å²) in [5.41, 5.74) is 3.88. The van der Waals surface area contributed by atoms with Crippen LogP contribution in [-0.2, 0) is 9.59 Å². The number of anilines is 1. The molecule has 0 saturated carbocycles. The Hall–Kier alpha value is -3.35. The standard InChI is InChI=1S/C20H23N3O4/c1-3-27-18-10-6-16(7-11-18)22-19(24)12-13-20(25)23-21-14-15-4-8-17(26-2)9-5-15/h4-11,14H,3,12-13H2,1-2H3,(H,22,24)(H,23,25). The van der Waals surface area contributed by atoms with Crippen molar-refractivity contribution < 1.29 is 19.1 Å². The Bertz CT molecular complexity index is 771. The lowest BCUT2D eigenvalue weighted by Crippen LogP contribution is -2.20. The van der Waals surface area contributed by atoms with E-state index < -0.39 is 0 Å². The first-order valence-electron chi connectivity index (χ1n) is 8.59. The molecule has 2 aromatic carbocycles. The fraction of sp³-hybridized carbons (Fsp3) is 0.250. The Labute approximate surface area is 158 Å². The molecule has 2 amide bonds. The summed E-state index contributed by atoms with van der Waals surface area (Å²) in [5.74, 6) is 0.911. The smallest absolute Gasteiger partial charge is 0.240 e. The first-order chi connectivity index (χ1) is 13.1. The van der Waals surface area contributed by atoms with Gasteiger partial charge < -0.3 is 14.8 Å². The fourth-order valence-corrected chi connectivity index (χ4v) is 2.18. The third kappa shape index (κ3) is 7.19. The number of methoxy groups -OCH3 is 1. The molecule has 0 bridgehead atoms. The number of nitrogens with zero attached hydrogens (tertiary/aromatic N) is 1. The number of carbonyl (C=O) groups excluding carboxylic acids is 2. The predicted octanol–water partition coefficient (Wildman–Crippen LogP) is 2.96. The highest BCUT2D eigenvalue weighted by molar-refractivity contribution is 5.93. The zero-order chi connectivity index (χ0) is 19.5. The van der Waals surface area contributed by atoms with Crippen molar-refractivity contribution in [2.75, 3.05) is 19.0 Å². The van der Waals surface area contributed by atoms with E-state index in [0.717, 1.165) is 17.1 Å². The SMILES string of the molecule is CCOc1ccc(NC(=O)CCC(=O)NN=Cc2ccc(OC)cc2)cc1. The van der Waals surface area contributed by atoms with E-state index in [1.54, 1.807) is 43.5 Å². The van der Waals surface area contributed by atoms with Gasteiger partial charge in [0.15, 0.2) is 0 Å². The minimum Gasteiger partial charge on any atom is -0.497 e. The maximum atomic E-state index is 11.9. The number of carbonyl (C=O) groups is 2. The van der Waals surface area contributed by atoms with Gasteiger partial charge in [0.25, 0.3) is 0 Å². The Kier molecular flexibility index (Phi) is 7.84.